The highest BCUT2D eigenvalue weighted by Crippen LogP contribution is 2.35. The number of nitrogens with zero attached hydrogens (tertiary/aromatic N) is 5. The molecule has 0 saturated carbocycles. The summed E-state index contributed by atoms with van der Waals surface area (Å²) in [5.74, 6) is -0.376. The minimum atomic E-state index is -0.376. The molecular weight excluding hydrogens is 461 g/mol. The molecule has 1 aromatic heterocycles. The molecule has 35 heavy (non-hydrogen) atoms. The SMILES string of the molecule is CC(C)(C)c1ccc(-c2ccc3c(c2)N(N2Cc4c(ccc(Cl)c4F)-[n+]4cncn42)CCC3)cc1. The van der Waals surface area contributed by atoms with Crippen molar-refractivity contribution in [3.63, 3.8) is 0 Å². The Hall–Kier alpha value is -3.38. The number of hydrogen-bond acceptors (Lipinski definition) is 3. The maximum atomic E-state index is 15.1. The fourth-order valence-corrected chi connectivity index (χ4v) is 5.28. The highest BCUT2D eigenvalue weighted by Gasteiger charge is 2.36. The lowest BCUT2D eigenvalue weighted by atomic mass is 9.86. The zero-order valence-electron chi connectivity index (χ0n) is 20.2. The van der Waals surface area contributed by atoms with Crippen molar-refractivity contribution >= 4 is 17.3 Å². The summed E-state index contributed by atoms with van der Waals surface area (Å²) in [5, 5.41) is 4.43. The van der Waals surface area contributed by atoms with Gasteiger partial charge in [-0.1, -0.05) is 73.8 Å². The van der Waals surface area contributed by atoms with E-state index in [2.05, 4.69) is 78.3 Å². The third-order valence-corrected chi connectivity index (χ3v) is 7.36. The smallest absolute Gasteiger partial charge is 0.221 e. The van der Waals surface area contributed by atoms with Crippen LogP contribution in [-0.2, 0) is 18.4 Å². The van der Waals surface area contributed by atoms with Crippen molar-refractivity contribution in [3.05, 3.63) is 94.8 Å². The van der Waals surface area contributed by atoms with E-state index in [4.69, 9.17) is 11.6 Å². The molecule has 0 amide bonds. The first-order valence-electron chi connectivity index (χ1n) is 12.0. The van der Waals surface area contributed by atoms with Crippen LogP contribution in [0.2, 0.25) is 5.02 Å². The van der Waals surface area contributed by atoms with Gasteiger partial charge in [0.2, 0.25) is 12.7 Å². The van der Waals surface area contributed by atoms with Crippen LogP contribution < -0.4 is 14.8 Å². The zero-order chi connectivity index (χ0) is 24.3. The summed E-state index contributed by atoms with van der Waals surface area (Å²) in [4.78, 5) is 6.29. The molecule has 0 unspecified atom stereocenters. The lowest BCUT2D eigenvalue weighted by molar-refractivity contribution is -0.690. The number of fused-ring (bicyclic) bond motifs is 4. The Bertz CT molecular complexity index is 1420. The summed E-state index contributed by atoms with van der Waals surface area (Å²) in [7, 11) is 0. The monoisotopic (exact) mass is 488 g/mol. The predicted molar refractivity (Wildman–Crippen MR) is 137 cm³/mol. The molecule has 2 aliphatic rings. The van der Waals surface area contributed by atoms with Crippen LogP contribution in [0.4, 0.5) is 10.1 Å². The Kier molecular flexibility index (Phi) is 5.11. The van der Waals surface area contributed by atoms with Gasteiger partial charge in [0.05, 0.1) is 22.8 Å². The number of hydrazine groups is 1. The van der Waals surface area contributed by atoms with Crippen molar-refractivity contribution < 1.29 is 9.07 Å². The molecule has 0 N–H and O–H groups in total. The van der Waals surface area contributed by atoms with E-state index >= 15 is 4.39 Å². The Labute approximate surface area is 209 Å². The molecule has 0 saturated heterocycles. The second-order valence-electron chi connectivity index (χ2n) is 10.3. The van der Waals surface area contributed by atoms with Crippen molar-refractivity contribution in [1.82, 2.24) is 9.77 Å². The van der Waals surface area contributed by atoms with Crippen molar-refractivity contribution in [2.24, 2.45) is 0 Å². The molecule has 178 valence electrons. The largest absolute Gasteiger partial charge is 0.250 e. The third kappa shape index (κ3) is 3.67. The predicted octanol–water partition coefficient (Wildman–Crippen LogP) is 5.74. The molecule has 2 aliphatic heterocycles. The molecule has 3 heterocycles. The number of hydrogen-bond donors (Lipinski definition) is 0. The van der Waals surface area contributed by atoms with Crippen molar-refractivity contribution in [2.45, 2.75) is 45.6 Å². The van der Waals surface area contributed by atoms with Gasteiger partial charge in [-0.15, -0.1) is 9.80 Å². The van der Waals surface area contributed by atoms with Gasteiger partial charge < -0.3 is 0 Å². The quantitative estimate of drug-likeness (QED) is 0.337. The first-order chi connectivity index (χ1) is 16.8. The topological polar surface area (TPSA) is 28.2 Å². The van der Waals surface area contributed by atoms with E-state index in [1.54, 1.807) is 18.7 Å². The molecule has 0 radical (unpaired) electrons. The van der Waals surface area contributed by atoms with Gasteiger partial charge in [0, 0.05) is 0 Å². The number of aromatic nitrogens is 3. The van der Waals surface area contributed by atoms with Gasteiger partial charge in [-0.25, -0.2) is 9.40 Å². The average Bonchev–Trinajstić information content (AvgIpc) is 3.35. The average molecular weight is 489 g/mol. The minimum Gasteiger partial charge on any atom is -0.221 e. The lowest BCUT2D eigenvalue weighted by Crippen LogP contribution is -2.63. The number of aryl methyl sites for hydroxylation is 1. The molecule has 5 nitrogen and oxygen atoms in total. The van der Waals surface area contributed by atoms with E-state index in [9.17, 15) is 0 Å². The second kappa shape index (κ2) is 8.09. The Morgan fingerprint density at radius 1 is 1.00 bits per heavy atom. The molecule has 0 atom stereocenters. The van der Waals surface area contributed by atoms with Crippen LogP contribution in [0.15, 0.2) is 67.3 Å². The normalized spacial score (nSPS) is 15.0. The molecular formula is C28H28ClFN5+. The van der Waals surface area contributed by atoms with Crippen LogP contribution in [0.25, 0.3) is 16.8 Å². The lowest BCUT2D eigenvalue weighted by Gasteiger charge is -2.39. The third-order valence-electron chi connectivity index (χ3n) is 7.06. The number of benzene rings is 3. The van der Waals surface area contributed by atoms with Gasteiger partial charge in [0.1, 0.15) is 12.2 Å². The van der Waals surface area contributed by atoms with E-state index in [1.165, 1.54) is 22.3 Å². The Balaban J connectivity index is 1.41. The minimum absolute atomic E-state index is 0.119. The first-order valence-corrected chi connectivity index (χ1v) is 12.4. The molecule has 0 spiro atoms. The maximum Gasteiger partial charge on any atom is 0.250 e. The molecule has 4 aromatic rings. The van der Waals surface area contributed by atoms with Crippen LogP contribution in [0, 0.1) is 5.82 Å². The summed E-state index contributed by atoms with van der Waals surface area (Å²) in [6.45, 7) is 7.88. The Morgan fingerprint density at radius 3 is 2.54 bits per heavy atom. The highest BCUT2D eigenvalue weighted by atomic mass is 35.5. The molecule has 0 aliphatic carbocycles. The summed E-state index contributed by atoms with van der Waals surface area (Å²) in [6, 6.07) is 19.0. The van der Waals surface area contributed by atoms with E-state index in [0.717, 1.165) is 30.8 Å². The molecule has 3 aromatic carbocycles. The summed E-state index contributed by atoms with van der Waals surface area (Å²) in [5.41, 5.74) is 7.54. The standard InChI is InChI=1S/C28H28ClFN5/c1-28(2,3)22-10-8-19(9-11-22)21-7-6-20-5-4-14-32(26(20)15-21)34-16-23-25(13-12-24(29)27(23)30)33-17-31-18-35(33)34/h6-13,15,17-18H,4-5,14,16H2,1-3H3/q+1. The first kappa shape index (κ1) is 22.1. The number of halogens is 2. The fraction of sp³-hybridized carbons (Fsp3) is 0.286. The number of rotatable bonds is 2. The number of anilines is 1. The van der Waals surface area contributed by atoms with Gasteiger partial charge in [-0.3, -0.25) is 0 Å². The van der Waals surface area contributed by atoms with Gasteiger partial charge in [0.25, 0.3) is 0 Å². The second-order valence-corrected chi connectivity index (χ2v) is 10.7. The van der Waals surface area contributed by atoms with E-state index in [1.807, 2.05) is 15.5 Å². The van der Waals surface area contributed by atoms with Crippen LogP contribution >= 0.6 is 11.6 Å². The van der Waals surface area contributed by atoms with Crippen LogP contribution in [0.3, 0.4) is 0 Å². The molecule has 6 rings (SSSR count). The maximum absolute atomic E-state index is 15.1. The fourth-order valence-electron chi connectivity index (χ4n) is 5.10. The Morgan fingerprint density at radius 2 is 1.77 bits per heavy atom. The van der Waals surface area contributed by atoms with Crippen LogP contribution in [0.5, 0.6) is 0 Å². The van der Waals surface area contributed by atoms with Crippen LogP contribution in [-0.4, -0.2) is 16.3 Å². The molecule has 7 heteroatoms. The van der Waals surface area contributed by atoms with Gasteiger partial charge in [0.15, 0.2) is 5.82 Å². The van der Waals surface area contributed by atoms with E-state index < -0.39 is 0 Å². The van der Waals surface area contributed by atoms with Crippen molar-refractivity contribution in [3.8, 4) is 16.8 Å². The van der Waals surface area contributed by atoms with E-state index in [0.29, 0.717) is 12.1 Å². The van der Waals surface area contributed by atoms with E-state index in [-0.39, 0.29) is 16.3 Å². The molecule has 0 fully saturated rings. The summed E-state index contributed by atoms with van der Waals surface area (Å²) < 4.78 is 17.0. The zero-order valence-corrected chi connectivity index (χ0v) is 20.9. The van der Waals surface area contributed by atoms with Crippen molar-refractivity contribution in [2.75, 3.05) is 16.7 Å². The highest BCUT2D eigenvalue weighted by molar-refractivity contribution is 6.30. The van der Waals surface area contributed by atoms with Gasteiger partial charge in [-0.05, 0) is 63.5 Å². The summed E-state index contributed by atoms with van der Waals surface area (Å²) >= 11 is 6.15. The van der Waals surface area contributed by atoms with Gasteiger partial charge >= 0.3 is 0 Å². The van der Waals surface area contributed by atoms with Crippen LogP contribution in [0.1, 0.15) is 43.9 Å². The van der Waals surface area contributed by atoms with Gasteiger partial charge in [-0.2, -0.15) is 0 Å². The molecule has 0 bridgehead atoms. The van der Waals surface area contributed by atoms with Crippen molar-refractivity contribution in [1.29, 1.82) is 0 Å². The summed E-state index contributed by atoms with van der Waals surface area (Å²) in [6.07, 6.45) is 5.50.